The molecule has 4 nitrogen and oxygen atoms in total. The van der Waals surface area contributed by atoms with Crippen molar-refractivity contribution >= 4 is 11.0 Å². The normalized spacial score (nSPS) is 11.0. The molecule has 6 heteroatoms. The SMILES string of the molecule is FC(F)On1nnc2ccccc21. The van der Waals surface area contributed by atoms with E-state index in [2.05, 4.69) is 15.1 Å². The van der Waals surface area contributed by atoms with Gasteiger partial charge in [0.25, 0.3) is 0 Å². The highest BCUT2D eigenvalue weighted by Gasteiger charge is 2.08. The van der Waals surface area contributed by atoms with Gasteiger partial charge in [0.1, 0.15) is 11.0 Å². The third kappa shape index (κ3) is 1.42. The lowest BCUT2D eigenvalue weighted by molar-refractivity contribution is -0.140. The molecule has 0 unspecified atom stereocenters. The van der Waals surface area contributed by atoms with E-state index in [-0.39, 0.29) is 0 Å². The molecule has 1 heterocycles. The number of hydrogen-bond acceptors (Lipinski definition) is 3. The molecule has 0 aliphatic heterocycles. The molecule has 0 saturated carbocycles. The van der Waals surface area contributed by atoms with Crippen molar-refractivity contribution in [1.29, 1.82) is 0 Å². The number of aromatic nitrogens is 3. The number of halogens is 2. The summed E-state index contributed by atoms with van der Waals surface area (Å²) in [7, 11) is 0. The van der Waals surface area contributed by atoms with Crippen LogP contribution in [0.3, 0.4) is 0 Å². The number of nitrogens with zero attached hydrogens (tertiary/aromatic N) is 3. The highest BCUT2D eigenvalue weighted by Crippen LogP contribution is 2.08. The Morgan fingerprint density at radius 1 is 1.31 bits per heavy atom. The minimum Gasteiger partial charge on any atom is -0.325 e. The molecule has 0 radical (unpaired) electrons. The first-order chi connectivity index (χ1) is 6.27. The summed E-state index contributed by atoms with van der Waals surface area (Å²) in [6.45, 7) is -2.90. The van der Waals surface area contributed by atoms with Crippen LogP contribution in [0.2, 0.25) is 0 Å². The molecule has 1 aromatic carbocycles. The molecule has 0 spiro atoms. The molecule has 13 heavy (non-hydrogen) atoms. The van der Waals surface area contributed by atoms with E-state index in [9.17, 15) is 8.78 Å². The number of para-hydroxylation sites is 1. The zero-order chi connectivity index (χ0) is 9.26. The molecule has 0 fully saturated rings. The van der Waals surface area contributed by atoms with Crippen molar-refractivity contribution in [3.8, 4) is 0 Å². The number of alkyl halides is 2. The van der Waals surface area contributed by atoms with E-state index in [1.165, 1.54) is 0 Å². The third-order valence-corrected chi connectivity index (χ3v) is 1.50. The van der Waals surface area contributed by atoms with E-state index < -0.39 is 6.61 Å². The summed E-state index contributed by atoms with van der Waals surface area (Å²) in [5, 5.41) is 7.03. The van der Waals surface area contributed by atoms with Gasteiger partial charge in [-0.15, -0.1) is 5.10 Å². The van der Waals surface area contributed by atoms with Crippen LogP contribution in [-0.2, 0) is 0 Å². The molecule has 0 atom stereocenters. The summed E-state index contributed by atoms with van der Waals surface area (Å²) >= 11 is 0. The topological polar surface area (TPSA) is 39.9 Å². The lowest BCUT2D eigenvalue weighted by atomic mass is 10.3. The minimum absolute atomic E-state index is 0.419. The Hall–Kier alpha value is -1.72. The lowest BCUT2D eigenvalue weighted by Crippen LogP contribution is -2.17. The van der Waals surface area contributed by atoms with Crippen LogP contribution >= 0.6 is 0 Å². The fraction of sp³-hybridized carbons (Fsp3) is 0.143. The summed E-state index contributed by atoms with van der Waals surface area (Å²) in [5.41, 5.74) is 0.936. The summed E-state index contributed by atoms with van der Waals surface area (Å²) in [6.07, 6.45) is 0. The Morgan fingerprint density at radius 3 is 2.85 bits per heavy atom. The maximum atomic E-state index is 11.8. The van der Waals surface area contributed by atoms with Crippen LogP contribution in [0.4, 0.5) is 8.78 Å². The van der Waals surface area contributed by atoms with Gasteiger partial charge in [-0.05, 0) is 17.3 Å². The van der Waals surface area contributed by atoms with Gasteiger partial charge in [0.2, 0.25) is 0 Å². The molecule has 1 aromatic heterocycles. The van der Waals surface area contributed by atoms with Crippen LogP contribution in [0, 0.1) is 0 Å². The summed E-state index contributed by atoms with van der Waals surface area (Å²) in [4.78, 5) is 4.79. The van der Waals surface area contributed by atoms with Crippen molar-refractivity contribution in [3.63, 3.8) is 0 Å². The maximum absolute atomic E-state index is 11.8. The Labute approximate surface area is 71.7 Å². The second-order valence-corrected chi connectivity index (χ2v) is 2.32. The number of benzene rings is 1. The second kappa shape index (κ2) is 2.96. The van der Waals surface area contributed by atoms with Gasteiger partial charge in [0, 0.05) is 0 Å². The molecule has 2 rings (SSSR count). The summed E-state index contributed by atoms with van der Waals surface area (Å²) in [5.74, 6) is 0. The van der Waals surface area contributed by atoms with Crippen molar-refractivity contribution in [2.45, 2.75) is 6.61 Å². The van der Waals surface area contributed by atoms with Crippen molar-refractivity contribution in [2.75, 3.05) is 0 Å². The van der Waals surface area contributed by atoms with Crippen LogP contribution in [0.5, 0.6) is 0 Å². The monoisotopic (exact) mass is 185 g/mol. The zero-order valence-electron chi connectivity index (χ0n) is 6.39. The van der Waals surface area contributed by atoms with Gasteiger partial charge in [-0.1, -0.05) is 17.0 Å². The van der Waals surface area contributed by atoms with Gasteiger partial charge >= 0.3 is 6.61 Å². The number of rotatable bonds is 2. The van der Waals surface area contributed by atoms with Gasteiger partial charge in [-0.3, -0.25) is 0 Å². The van der Waals surface area contributed by atoms with E-state index in [0.717, 1.165) is 0 Å². The Kier molecular flexibility index (Phi) is 1.80. The predicted octanol–water partition coefficient (Wildman–Crippen LogP) is 1.08. The van der Waals surface area contributed by atoms with Crippen molar-refractivity contribution in [3.05, 3.63) is 24.3 Å². The first-order valence-electron chi connectivity index (χ1n) is 3.53. The fourth-order valence-electron chi connectivity index (χ4n) is 1.00. The minimum atomic E-state index is -2.90. The fourth-order valence-corrected chi connectivity index (χ4v) is 1.00. The molecule has 0 amide bonds. The summed E-state index contributed by atoms with van der Waals surface area (Å²) < 4.78 is 23.6. The van der Waals surface area contributed by atoms with E-state index in [4.69, 9.17) is 0 Å². The van der Waals surface area contributed by atoms with Crippen molar-refractivity contribution in [2.24, 2.45) is 0 Å². The average Bonchev–Trinajstić information content (AvgIpc) is 2.48. The first-order valence-corrected chi connectivity index (χ1v) is 3.53. The van der Waals surface area contributed by atoms with Gasteiger partial charge in [-0.2, -0.15) is 8.78 Å². The predicted molar refractivity (Wildman–Crippen MR) is 40.1 cm³/mol. The Balaban J connectivity index is 2.46. The molecular formula is C7H5F2N3O. The van der Waals surface area contributed by atoms with E-state index >= 15 is 0 Å². The zero-order valence-corrected chi connectivity index (χ0v) is 6.39. The molecule has 0 aliphatic rings. The Morgan fingerprint density at radius 2 is 2.08 bits per heavy atom. The lowest BCUT2D eigenvalue weighted by Gasteiger charge is -2.01. The first kappa shape index (κ1) is 7.90. The van der Waals surface area contributed by atoms with Crippen LogP contribution < -0.4 is 4.84 Å². The highest BCUT2D eigenvalue weighted by molar-refractivity contribution is 5.73. The van der Waals surface area contributed by atoms with Crippen molar-refractivity contribution < 1.29 is 13.6 Å². The van der Waals surface area contributed by atoms with Gasteiger partial charge < -0.3 is 4.84 Å². The molecule has 68 valence electrons. The number of fused-ring (bicyclic) bond motifs is 1. The smallest absolute Gasteiger partial charge is 0.325 e. The van der Waals surface area contributed by atoms with Crippen LogP contribution in [0.1, 0.15) is 0 Å². The Bertz CT molecular complexity index is 415. The van der Waals surface area contributed by atoms with Gasteiger partial charge in [-0.25, -0.2) is 0 Å². The van der Waals surface area contributed by atoms with Crippen LogP contribution in [0.25, 0.3) is 11.0 Å². The van der Waals surface area contributed by atoms with E-state index in [1.807, 2.05) is 0 Å². The number of hydrogen-bond donors (Lipinski definition) is 0. The molecule has 0 N–H and O–H groups in total. The average molecular weight is 185 g/mol. The molecule has 0 saturated heterocycles. The molecule has 2 aromatic rings. The summed E-state index contributed by atoms with van der Waals surface area (Å²) in [6, 6.07) is 6.69. The second-order valence-electron chi connectivity index (χ2n) is 2.32. The largest absolute Gasteiger partial charge is 0.407 e. The molecular weight excluding hydrogens is 180 g/mol. The van der Waals surface area contributed by atoms with E-state index in [1.54, 1.807) is 24.3 Å². The quantitative estimate of drug-likeness (QED) is 0.702. The highest BCUT2D eigenvalue weighted by atomic mass is 19.3. The standard InChI is InChI=1S/C7H5F2N3O/c8-7(9)13-12-6-4-2-1-3-5(6)10-11-12/h1-4,7H. The van der Waals surface area contributed by atoms with Gasteiger partial charge in [0.05, 0.1) is 0 Å². The third-order valence-electron chi connectivity index (χ3n) is 1.50. The molecule has 0 bridgehead atoms. The van der Waals surface area contributed by atoms with E-state index in [0.29, 0.717) is 15.9 Å². The van der Waals surface area contributed by atoms with Crippen LogP contribution in [0.15, 0.2) is 24.3 Å². The van der Waals surface area contributed by atoms with Crippen molar-refractivity contribution in [1.82, 2.24) is 15.2 Å². The van der Waals surface area contributed by atoms with Crippen LogP contribution in [-0.4, -0.2) is 21.8 Å². The molecule has 0 aliphatic carbocycles. The van der Waals surface area contributed by atoms with Gasteiger partial charge in [0.15, 0.2) is 0 Å². The maximum Gasteiger partial charge on any atom is 0.407 e.